The first-order valence-electron chi connectivity index (χ1n) is 7.76. The van der Waals surface area contributed by atoms with Gasteiger partial charge in [0.25, 0.3) is 0 Å². The SMILES string of the molecule is CC(C)(C)OC(=O)Nc1ccc(CNCc2ccccc2)cc1. The number of rotatable bonds is 5. The van der Waals surface area contributed by atoms with Crippen LogP contribution >= 0.6 is 0 Å². The molecule has 0 saturated heterocycles. The molecule has 2 aromatic rings. The van der Waals surface area contributed by atoms with Crippen LogP contribution in [0, 0.1) is 0 Å². The average Bonchev–Trinajstić information content (AvgIpc) is 2.48. The van der Waals surface area contributed by atoms with Gasteiger partial charge in [0.15, 0.2) is 0 Å². The Hall–Kier alpha value is -2.33. The fourth-order valence-electron chi connectivity index (χ4n) is 2.07. The molecule has 122 valence electrons. The van der Waals surface area contributed by atoms with Crippen molar-refractivity contribution < 1.29 is 9.53 Å². The molecule has 2 rings (SSSR count). The normalized spacial score (nSPS) is 11.1. The Morgan fingerprint density at radius 1 is 0.913 bits per heavy atom. The smallest absolute Gasteiger partial charge is 0.412 e. The maximum absolute atomic E-state index is 11.7. The van der Waals surface area contributed by atoms with Crippen LogP contribution in [0.5, 0.6) is 0 Å². The molecule has 0 aliphatic rings. The topological polar surface area (TPSA) is 50.4 Å². The molecule has 0 spiro atoms. The van der Waals surface area contributed by atoms with Gasteiger partial charge in [0.2, 0.25) is 0 Å². The second kappa shape index (κ2) is 7.79. The molecule has 0 unspecified atom stereocenters. The summed E-state index contributed by atoms with van der Waals surface area (Å²) in [4.78, 5) is 11.7. The van der Waals surface area contributed by atoms with Crippen molar-refractivity contribution in [2.45, 2.75) is 39.5 Å². The van der Waals surface area contributed by atoms with Gasteiger partial charge in [0.05, 0.1) is 0 Å². The molecule has 1 amide bonds. The molecular weight excluding hydrogens is 288 g/mol. The zero-order valence-corrected chi connectivity index (χ0v) is 13.9. The highest BCUT2D eigenvalue weighted by Gasteiger charge is 2.15. The third kappa shape index (κ3) is 6.53. The Bertz CT molecular complexity index is 616. The lowest BCUT2D eigenvalue weighted by Gasteiger charge is -2.19. The summed E-state index contributed by atoms with van der Waals surface area (Å²) in [6.07, 6.45) is -0.438. The van der Waals surface area contributed by atoms with E-state index in [4.69, 9.17) is 4.74 Å². The van der Waals surface area contributed by atoms with Crippen molar-refractivity contribution in [2.75, 3.05) is 5.32 Å². The summed E-state index contributed by atoms with van der Waals surface area (Å²) in [5.74, 6) is 0. The second-order valence-electron chi connectivity index (χ2n) is 6.41. The van der Waals surface area contributed by atoms with Gasteiger partial charge in [-0.05, 0) is 44.0 Å². The summed E-state index contributed by atoms with van der Waals surface area (Å²) in [7, 11) is 0. The van der Waals surface area contributed by atoms with E-state index in [1.165, 1.54) is 5.56 Å². The molecule has 0 bridgehead atoms. The summed E-state index contributed by atoms with van der Waals surface area (Å²) in [5, 5.41) is 6.12. The molecule has 2 N–H and O–H groups in total. The standard InChI is InChI=1S/C19H24N2O2/c1-19(2,3)23-18(22)21-17-11-9-16(10-12-17)14-20-13-15-7-5-4-6-8-15/h4-12,20H,13-14H2,1-3H3,(H,21,22). The number of anilines is 1. The van der Waals surface area contributed by atoms with Gasteiger partial charge in [-0.25, -0.2) is 4.79 Å². The van der Waals surface area contributed by atoms with Crippen molar-refractivity contribution >= 4 is 11.8 Å². The lowest BCUT2D eigenvalue weighted by molar-refractivity contribution is 0.0636. The Morgan fingerprint density at radius 3 is 2.04 bits per heavy atom. The molecule has 23 heavy (non-hydrogen) atoms. The minimum absolute atomic E-state index is 0.438. The van der Waals surface area contributed by atoms with Gasteiger partial charge in [-0.15, -0.1) is 0 Å². The summed E-state index contributed by atoms with van der Waals surface area (Å²) < 4.78 is 5.22. The molecular formula is C19H24N2O2. The summed E-state index contributed by atoms with van der Waals surface area (Å²) in [6.45, 7) is 7.14. The number of nitrogens with one attached hydrogen (secondary N) is 2. The molecule has 0 aliphatic carbocycles. The third-order valence-electron chi connectivity index (χ3n) is 3.10. The molecule has 0 aromatic heterocycles. The summed E-state index contributed by atoms with van der Waals surface area (Å²) in [5.41, 5.74) is 2.66. The van der Waals surface area contributed by atoms with Crippen LogP contribution in [-0.2, 0) is 17.8 Å². The van der Waals surface area contributed by atoms with Gasteiger partial charge >= 0.3 is 6.09 Å². The highest BCUT2D eigenvalue weighted by molar-refractivity contribution is 5.84. The number of hydrogen-bond donors (Lipinski definition) is 2. The van der Waals surface area contributed by atoms with Crippen molar-refractivity contribution in [3.63, 3.8) is 0 Å². The molecule has 0 atom stereocenters. The van der Waals surface area contributed by atoms with Crippen LogP contribution in [-0.4, -0.2) is 11.7 Å². The predicted octanol–water partition coefficient (Wildman–Crippen LogP) is 4.32. The molecule has 4 nitrogen and oxygen atoms in total. The van der Waals surface area contributed by atoms with Crippen LogP contribution in [0.1, 0.15) is 31.9 Å². The predicted molar refractivity (Wildman–Crippen MR) is 93.3 cm³/mol. The molecule has 4 heteroatoms. The van der Waals surface area contributed by atoms with E-state index in [0.717, 1.165) is 24.3 Å². The van der Waals surface area contributed by atoms with E-state index in [-0.39, 0.29) is 0 Å². The summed E-state index contributed by atoms with van der Waals surface area (Å²) in [6, 6.07) is 18.0. The van der Waals surface area contributed by atoms with E-state index in [9.17, 15) is 4.79 Å². The summed E-state index contributed by atoms with van der Waals surface area (Å²) >= 11 is 0. The molecule has 2 aromatic carbocycles. The Morgan fingerprint density at radius 2 is 1.48 bits per heavy atom. The van der Waals surface area contributed by atoms with Crippen LogP contribution in [0.2, 0.25) is 0 Å². The number of hydrogen-bond acceptors (Lipinski definition) is 3. The molecule has 0 radical (unpaired) electrons. The number of benzene rings is 2. The maximum Gasteiger partial charge on any atom is 0.412 e. The van der Waals surface area contributed by atoms with Crippen LogP contribution in [0.3, 0.4) is 0 Å². The lowest BCUT2D eigenvalue weighted by Crippen LogP contribution is -2.27. The van der Waals surface area contributed by atoms with Gasteiger partial charge in [0, 0.05) is 18.8 Å². The maximum atomic E-state index is 11.7. The fourth-order valence-corrected chi connectivity index (χ4v) is 2.07. The number of amides is 1. The number of carbonyl (C=O) groups excluding carboxylic acids is 1. The minimum Gasteiger partial charge on any atom is -0.444 e. The number of ether oxygens (including phenoxy) is 1. The highest BCUT2D eigenvalue weighted by Crippen LogP contribution is 2.13. The fraction of sp³-hybridized carbons (Fsp3) is 0.316. The number of carbonyl (C=O) groups is 1. The van der Waals surface area contributed by atoms with Crippen molar-refractivity contribution in [3.05, 3.63) is 65.7 Å². The Kier molecular flexibility index (Phi) is 5.77. The van der Waals surface area contributed by atoms with Crippen molar-refractivity contribution in [1.29, 1.82) is 0 Å². The van der Waals surface area contributed by atoms with Crippen LogP contribution < -0.4 is 10.6 Å². The van der Waals surface area contributed by atoms with Gasteiger partial charge in [-0.3, -0.25) is 5.32 Å². The zero-order chi connectivity index (χ0) is 16.7. The first-order chi connectivity index (χ1) is 10.9. The van der Waals surface area contributed by atoms with Gasteiger partial charge in [-0.2, -0.15) is 0 Å². The zero-order valence-electron chi connectivity index (χ0n) is 13.9. The second-order valence-corrected chi connectivity index (χ2v) is 6.41. The van der Waals surface area contributed by atoms with Crippen LogP contribution in [0.15, 0.2) is 54.6 Å². The van der Waals surface area contributed by atoms with Gasteiger partial charge < -0.3 is 10.1 Å². The Labute approximate surface area is 137 Å². The third-order valence-corrected chi connectivity index (χ3v) is 3.10. The monoisotopic (exact) mass is 312 g/mol. The van der Waals surface area contributed by atoms with Crippen molar-refractivity contribution in [3.8, 4) is 0 Å². The van der Waals surface area contributed by atoms with Crippen molar-refractivity contribution in [2.24, 2.45) is 0 Å². The first kappa shape index (κ1) is 17.0. The molecule has 0 heterocycles. The largest absolute Gasteiger partial charge is 0.444 e. The quantitative estimate of drug-likeness (QED) is 0.864. The van der Waals surface area contributed by atoms with Crippen LogP contribution in [0.25, 0.3) is 0 Å². The highest BCUT2D eigenvalue weighted by atomic mass is 16.6. The van der Waals surface area contributed by atoms with E-state index in [0.29, 0.717) is 0 Å². The van der Waals surface area contributed by atoms with Crippen molar-refractivity contribution in [1.82, 2.24) is 5.32 Å². The first-order valence-corrected chi connectivity index (χ1v) is 7.76. The average molecular weight is 312 g/mol. The molecule has 0 fully saturated rings. The minimum atomic E-state index is -0.495. The van der Waals surface area contributed by atoms with Crippen LogP contribution in [0.4, 0.5) is 10.5 Å². The van der Waals surface area contributed by atoms with E-state index < -0.39 is 11.7 Å². The van der Waals surface area contributed by atoms with E-state index >= 15 is 0 Å². The van der Waals surface area contributed by atoms with E-state index in [2.05, 4.69) is 22.8 Å². The van der Waals surface area contributed by atoms with Gasteiger partial charge in [-0.1, -0.05) is 42.5 Å². The van der Waals surface area contributed by atoms with Gasteiger partial charge in [0.1, 0.15) is 5.60 Å². The Balaban J connectivity index is 1.79. The van der Waals surface area contributed by atoms with E-state index in [1.807, 2.05) is 63.2 Å². The van der Waals surface area contributed by atoms with E-state index in [1.54, 1.807) is 0 Å². The molecule has 0 saturated carbocycles. The molecule has 0 aliphatic heterocycles. The lowest BCUT2D eigenvalue weighted by atomic mass is 10.2.